The first kappa shape index (κ1) is 14.5. The van der Waals surface area contributed by atoms with E-state index < -0.39 is 0 Å². The summed E-state index contributed by atoms with van der Waals surface area (Å²) in [6.45, 7) is 2.77. The Hall–Kier alpha value is -1.55. The Balaban J connectivity index is 2.47. The maximum atomic E-state index is 11.5. The minimum Gasteiger partial charge on any atom is -0.491 e. The van der Waals surface area contributed by atoms with Crippen LogP contribution in [0, 0.1) is 0 Å². The smallest absolute Gasteiger partial charge is 0.220 e. The van der Waals surface area contributed by atoms with Crippen molar-refractivity contribution in [2.24, 2.45) is 0 Å². The lowest BCUT2D eigenvalue weighted by molar-refractivity contribution is -0.121. The van der Waals surface area contributed by atoms with Crippen LogP contribution in [0.3, 0.4) is 0 Å². The van der Waals surface area contributed by atoms with Crippen LogP contribution >= 0.6 is 0 Å². The molecule has 18 heavy (non-hydrogen) atoms. The van der Waals surface area contributed by atoms with Gasteiger partial charge in [0.2, 0.25) is 5.91 Å². The highest BCUT2D eigenvalue weighted by Crippen LogP contribution is 2.17. The van der Waals surface area contributed by atoms with Gasteiger partial charge in [0, 0.05) is 18.5 Å². The Morgan fingerprint density at radius 2 is 2.17 bits per heavy atom. The van der Waals surface area contributed by atoms with Crippen LogP contribution in [0.25, 0.3) is 0 Å². The van der Waals surface area contributed by atoms with Crippen LogP contribution in [0.1, 0.15) is 31.7 Å². The number of nitrogens with one attached hydrogen (secondary N) is 1. The lowest BCUT2D eigenvalue weighted by atomic mass is 10.2. The summed E-state index contributed by atoms with van der Waals surface area (Å²) in [5.41, 5.74) is 0.927. The highest BCUT2D eigenvalue weighted by molar-refractivity contribution is 5.75. The van der Waals surface area contributed by atoms with Gasteiger partial charge in [0.25, 0.3) is 0 Å². The Kier molecular flexibility index (Phi) is 6.87. The number of amides is 1. The fourth-order valence-corrected chi connectivity index (χ4v) is 1.57. The Labute approximate surface area is 108 Å². The van der Waals surface area contributed by atoms with Gasteiger partial charge in [-0.1, -0.05) is 31.5 Å². The van der Waals surface area contributed by atoms with Crippen molar-refractivity contribution in [2.45, 2.75) is 32.7 Å². The molecule has 0 atom stereocenters. The average Bonchev–Trinajstić information content (AvgIpc) is 2.41. The van der Waals surface area contributed by atoms with Crippen molar-refractivity contribution < 1.29 is 14.6 Å². The standard InChI is InChI=1S/C14H21NO3/c1-2-3-8-14(17)15-11-12-6-4-5-7-13(12)18-10-9-16/h4-7,16H,2-3,8-11H2,1H3,(H,15,17). The Morgan fingerprint density at radius 1 is 1.39 bits per heavy atom. The number of aliphatic hydroxyl groups excluding tert-OH is 1. The van der Waals surface area contributed by atoms with Crippen molar-refractivity contribution in [2.75, 3.05) is 13.2 Å². The van der Waals surface area contributed by atoms with Crippen LogP contribution in [0.15, 0.2) is 24.3 Å². The van der Waals surface area contributed by atoms with Gasteiger partial charge in [0.15, 0.2) is 0 Å². The molecular weight excluding hydrogens is 230 g/mol. The van der Waals surface area contributed by atoms with Gasteiger partial charge in [-0.15, -0.1) is 0 Å². The number of unbranched alkanes of at least 4 members (excludes halogenated alkanes) is 1. The third-order valence-electron chi connectivity index (χ3n) is 2.55. The van der Waals surface area contributed by atoms with Gasteiger partial charge in [-0.2, -0.15) is 0 Å². The molecule has 2 N–H and O–H groups in total. The topological polar surface area (TPSA) is 58.6 Å². The molecule has 0 aliphatic rings. The molecule has 0 saturated carbocycles. The molecule has 0 radical (unpaired) electrons. The molecule has 1 aromatic rings. The zero-order valence-electron chi connectivity index (χ0n) is 10.8. The number of rotatable bonds is 8. The lowest BCUT2D eigenvalue weighted by Crippen LogP contribution is -2.22. The third kappa shape index (κ3) is 5.19. The monoisotopic (exact) mass is 251 g/mol. The van der Waals surface area contributed by atoms with E-state index in [9.17, 15) is 4.79 Å². The van der Waals surface area contributed by atoms with E-state index in [4.69, 9.17) is 9.84 Å². The maximum Gasteiger partial charge on any atom is 0.220 e. The van der Waals surface area contributed by atoms with Crippen molar-refractivity contribution in [3.63, 3.8) is 0 Å². The summed E-state index contributed by atoms with van der Waals surface area (Å²) in [7, 11) is 0. The molecule has 0 aliphatic heterocycles. The van der Waals surface area contributed by atoms with Gasteiger partial charge in [0.05, 0.1) is 6.61 Å². The number of aliphatic hydroxyl groups is 1. The summed E-state index contributed by atoms with van der Waals surface area (Å²) in [6, 6.07) is 7.52. The second kappa shape index (κ2) is 8.53. The number of carbonyl (C=O) groups is 1. The highest BCUT2D eigenvalue weighted by Gasteiger charge is 2.05. The molecule has 0 heterocycles. The van der Waals surface area contributed by atoms with E-state index in [0.717, 1.165) is 18.4 Å². The van der Waals surface area contributed by atoms with Crippen molar-refractivity contribution in [1.29, 1.82) is 0 Å². The molecule has 100 valence electrons. The molecule has 0 fully saturated rings. The SMILES string of the molecule is CCCCC(=O)NCc1ccccc1OCCO. The van der Waals surface area contributed by atoms with Gasteiger partial charge in [-0.05, 0) is 12.5 Å². The van der Waals surface area contributed by atoms with Crippen LogP contribution in [0.5, 0.6) is 5.75 Å². The normalized spacial score (nSPS) is 10.1. The van der Waals surface area contributed by atoms with Gasteiger partial charge in [0.1, 0.15) is 12.4 Å². The number of benzene rings is 1. The summed E-state index contributed by atoms with van der Waals surface area (Å²) in [5.74, 6) is 0.774. The van der Waals surface area contributed by atoms with Crippen molar-refractivity contribution in [3.05, 3.63) is 29.8 Å². The van der Waals surface area contributed by atoms with Crippen LogP contribution in [0.2, 0.25) is 0 Å². The lowest BCUT2D eigenvalue weighted by Gasteiger charge is -2.11. The molecule has 0 spiro atoms. The summed E-state index contributed by atoms with van der Waals surface area (Å²) in [5, 5.41) is 11.6. The van der Waals surface area contributed by atoms with Crippen molar-refractivity contribution in [1.82, 2.24) is 5.32 Å². The van der Waals surface area contributed by atoms with Crippen LogP contribution in [0.4, 0.5) is 0 Å². The largest absolute Gasteiger partial charge is 0.491 e. The van der Waals surface area contributed by atoms with Crippen LogP contribution < -0.4 is 10.1 Å². The molecule has 0 saturated heterocycles. The molecule has 4 heteroatoms. The number of ether oxygens (including phenoxy) is 1. The molecule has 0 aromatic heterocycles. The Bertz CT molecular complexity index is 366. The molecule has 1 amide bonds. The Morgan fingerprint density at radius 3 is 2.89 bits per heavy atom. The quantitative estimate of drug-likeness (QED) is 0.741. The average molecular weight is 251 g/mol. The van der Waals surface area contributed by atoms with E-state index >= 15 is 0 Å². The third-order valence-corrected chi connectivity index (χ3v) is 2.55. The van der Waals surface area contributed by atoms with E-state index in [1.807, 2.05) is 24.3 Å². The maximum absolute atomic E-state index is 11.5. The van der Waals surface area contributed by atoms with Gasteiger partial charge >= 0.3 is 0 Å². The summed E-state index contributed by atoms with van der Waals surface area (Å²) >= 11 is 0. The number of para-hydroxylation sites is 1. The van der Waals surface area contributed by atoms with E-state index in [-0.39, 0.29) is 19.1 Å². The minimum absolute atomic E-state index is 0.0167. The number of carbonyl (C=O) groups excluding carboxylic acids is 1. The second-order valence-corrected chi connectivity index (χ2v) is 4.06. The second-order valence-electron chi connectivity index (χ2n) is 4.06. The van der Waals surface area contributed by atoms with E-state index in [1.54, 1.807) is 0 Å². The summed E-state index contributed by atoms with van der Waals surface area (Å²) < 4.78 is 5.40. The number of hydrogen-bond donors (Lipinski definition) is 2. The van der Waals surface area contributed by atoms with Gasteiger partial charge < -0.3 is 15.2 Å². The van der Waals surface area contributed by atoms with Gasteiger partial charge in [-0.3, -0.25) is 4.79 Å². The molecule has 4 nitrogen and oxygen atoms in total. The minimum atomic E-state index is -0.0167. The molecule has 0 unspecified atom stereocenters. The van der Waals surface area contributed by atoms with Gasteiger partial charge in [-0.25, -0.2) is 0 Å². The van der Waals surface area contributed by atoms with E-state index in [0.29, 0.717) is 18.7 Å². The zero-order chi connectivity index (χ0) is 13.2. The van der Waals surface area contributed by atoms with Crippen molar-refractivity contribution >= 4 is 5.91 Å². The van der Waals surface area contributed by atoms with Crippen LogP contribution in [-0.2, 0) is 11.3 Å². The first-order valence-electron chi connectivity index (χ1n) is 6.36. The predicted octanol–water partition coefficient (Wildman–Crippen LogP) is 1.86. The number of hydrogen-bond acceptors (Lipinski definition) is 3. The summed E-state index contributed by atoms with van der Waals surface area (Å²) in [6.07, 6.45) is 2.49. The predicted molar refractivity (Wildman–Crippen MR) is 70.4 cm³/mol. The highest BCUT2D eigenvalue weighted by atomic mass is 16.5. The molecule has 0 bridgehead atoms. The molecular formula is C14H21NO3. The first-order valence-corrected chi connectivity index (χ1v) is 6.36. The van der Waals surface area contributed by atoms with Crippen LogP contribution in [-0.4, -0.2) is 24.2 Å². The fraction of sp³-hybridized carbons (Fsp3) is 0.500. The fourth-order valence-electron chi connectivity index (χ4n) is 1.57. The zero-order valence-corrected chi connectivity index (χ0v) is 10.8. The first-order chi connectivity index (χ1) is 8.77. The molecule has 1 rings (SSSR count). The van der Waals surface area contributed by atoms with E-state index in [1.165, 1.54) is 0 Å². The van der Waals surface area contributed by atoms with Crippen molar-refractivity contribution in [3.8, 4) is 5.75 Å². The van der Waals surface area contributed by atoms with E-state index in [2.05, 4.69) is 12.2 Å². The summed E-state index contributed by atoms with van der Waals surface area (Å²) in [4.78, 5) is 11.5. The molecule has 0 aliphatic carbocycles. The molecule has 1 aromatic carbocycles.